The highest BCUT2D eigenvalue weighted by atomic mass is 32.1. The Hall–Kier alpha value is -0.940. The van der Waals surface area contributed by atoms with Crippen LogP contribution in [-0.4, -0.2) is 24.1 Å². The molecule has 1 atom stereocenters. The normalized spacial score (nSPS) is 12.4. The quantitative estimate of drug-likeness (QED) is 0.772. The van der Waals surface area contributed by atoms with Crippen molar-refractivity contribution in [1.29, 1.82) is 0 Å². The molecule has 0 aliphatic heterocycles. The van der Waals surface area contributed by atoms with Crippen LogP contribution in [0.5, 0.6) is 0 Å². The molecule has 0 saturated heterocycles. The Morgan fingerprint density at radius 3 is 2.88 bits per heavy atom. The van der Waals surface area contributed by atoms with E-state index in [1.54, 1.807) is 11.3 Å². The zero-order valence-corrected chi connectivity index (χ0v) is 10.8. The van der Waals surface area contributed by atoms with Gasteiger partial charge < -0.3 is 4.74 Å². The molecule has 1 heterocycles. The van der Waals surface area contributed by atoms with Gasteiger partial charge in [0.15, 0.2) is 0 Å². The third-order valence-electron chi connectivity index (χ3n) is 2.34. The smallest absolute Gasteiger partial charge is 0.322 e. The molecule has 0 aromatic carbocycles. The molecule has 0 radical (unpaired) electrons. The first kappa shape index (κ1) is 13.1. The molecule has 0 amide bonds. The molecule has 5 heteroatoms. The van der Waals surface area contributed by atoms with Crippen LogP contribution in [0.3, 0.4) is 0 Å². The summed E-state index contributed by atoms with van der Waals surface area (Å²) >= 11 is 1.68. The molecule has 4 nitrogen and oxygen atoms in total. The Balaban J connectivity index is 2.46. The fourth-order valence-electron chi connectivity index (χ4n) is 1.34. The van der Waals surface area contributed by atoms with Gasteiger partial charge in [-0.25, -0.2) is 4.98 Å². The van der Waals surface area contributed by atoms with Gasteiger partial charge in [0, 0.05) is 17.6 Å². The minimum Gasteiger partial charge on any atom is -0.468 e. The second-order valence-corrected chi connectivity index (χ2v) is 4.64. The number of hydrogen-bond donors (Lipinski definition) is 1. The van der Waals surface area contributed by atoms with Crippen LogP contribution in [0.4, 0.5) is 0 Å². The minimum atomic E-state index is -0.237. The van der Waals surface area contributed by atoms with Crippen LogP contribution >= 0.6 is 11.3 Å². The standard InChI is InChI=1S/C11H18N2O2S/c1-4-8-6-13-10(16-8)7-12-9(5-2)11(14)15-3/h6,9,12H,4-5,7H2,1-3H3. The molecule has 1 unspecified atom stereocenters. The van der Waals surface area contributed by atoms with Crippen molar-refractivity contribution in [3.8, 4) is 0 Å². The molecule has 1 aromatic heterocycles. The summed E-state index contributed by atoms with van der Waals surface area (Å²) in [7, 11) is 1.41. The first-order valence-corrected chi connectivity index (χ1v) is 6.27. The van der Waals surface area contributed by atoms with Gasteiger partial charge in [0.1, 0.15) is 11.0 Å². The molecule has 1 aromatic rings. The minimum absolute atomic E-state index is 0.213. The van der Waals surface area contributed by atoms with Crippen molar-refractivity contribution in [1.82, 2.24) is 10.3 Å². The van der Waals surface area contributed by atoms with Crippen LogP contribution in [0, 0.1) is 0 Å². The lowest BCUT2D eigenvalue weighted by atomic mass is 10.2. The lowest BCUT2D eigenvalue weighted by molar-refractivity contribution is -0.143. The van der Waals surface area contributed by atoms with Gasteiger partial charge in [-0.3, -0.25) is 10.1 Å². The molecule has 90 valence electrons. The number of thiazole rings is 1. The number of esters is 1. The van der Waals surface area contributed by atoms with Gasteiger partial charge >= 0.3 is 5.97 Å². The Bertz CT molecular complexity index is 338. The van der Waals surface area contributed by atoms with Crippen LogP contribution in [-0.2, 0) is 22.5 Å². The second kappa shape index (κ2) is 6.60. The van der Waals surface area contributed by atoms with Crippen molar-refractivity contribution in [2.24, 2.45) is 0 Å². The number of aromatic nitrogens is 1. The van der Waals surface area contributed by atoms with Gasteiger partial charge in [0.2, 0.25) is 0 Å². The van der Waals surface area contributed by atoms with Crippen LogP contribution in [0.15, 0.2) is 6.20 Å². The maximum atomic E-state index is 11.3. The van der Waals surface area contributed by atoms with E-state index in [0.717, 1.165) is 17.8 Å². The molecule has 16 heavy (non-hydrogen) atoms. The highest BCUT2D eigenvalue weighted by Crippen LogP contribution is 2.13. The van der Waals surface area contributed by atoms with E-state index >= 15 is 0 Å². The van der Waals surface area contributed by atoms with Crippen LogP contribution < -0.4 is 5.32 Å². The van der Waals surface area contributed by atoms with E-state index in [9.17, 15) is 4.79 Å². The van der Waals surface area contributed by atoms with E-state index in [1.807, 2.05) is 13.1 Å². The van der Waals surface area contributed by atoms with Crippen molar-refractivity contribution in [3.05, 3.63) is 16.1 Å². The summed E-state index contributed by atoms with van der Waals surface area (Å²) < 4.78 is 4.70. The highest BCUT2D eigenvalue weighted by molar-refractivity contribution is 7.11. The van der Waals surface area contributed by atoms with Crippen molar-refractivity contribution in [2.45, 2.75) is 39.3 Å². The third kappa shape index (κ3) is 3.57. The average molecular weight is 242 g/mol. The first-order chi connectivity index (χ1) is 7.71. The number of hydrogen-bond acceptors (Lipinski definition) is 5. The Labute approximate surface area is 100 Å². The number of aryl methyl sites for hydroxylation is 1. The summed E-state index contributed by atoms with van der Waals surface area (Å²) in [6.45, 7) is 4.68. The zero-order valence-electron chi connectivity index (χ0n) is 9.95. The molecule has 0 spiro atoms. The van der Waals surface area contributed by atoms with Crippen molar-refractivity contribution >= 4 is 17.3 Å². The summed E-state index contributed by atoms with van der Waals surface area (Å²) in [6.07, 6.45) is 3.62. The maximum absolute atomic E-state index is 11.3. The second-order valence-electron chi connectivity index (χ2n) is 3.44. The molecule has 1 N–H and O–H groups in total. The molecular weight excluding hydrogens is 224 g/mol. The SMILES string of the molecule is CCc1cnc(CNC(CC)C(=O)OC)s1. The number of nitrogens with zero attached hydrogens (tertiary/aromatic N) is 1. The van der Waals surface area contributed by atoms with E-state index < -0.39 is 0 Å². The topological polar surface area (TPSA) is 51.2 Å². The summed E-state index contributed by atoms with van der Waals surface area (Å²) in [5.74, 6) is -0.213. The van der Waals surface area contributed by atoms with E-state index in [2.05, 4.69) is 17.2 Å². The van der Waals surface area contributed by atoms with E-state index in [4.69, 9.17) is 4.74 Å². The van der Waals surface area contributed by atoms with E-state index in [1.165, 1.54) is 12.0 Å². The zero-order chi connectivity index (χ0) is 12.0. The van der Waals surface area contributed by atoms with E-state index in [0.29, 0.717) is 6.54 Å². The van der Waals surface area contributed by atoms with Crippen molar-refractivity contribution < 1.29 is 9.53 Å². The first-order valence-electron chi connectivity index (χ1n) is 5.46. The van der Waals surface area contributed by atoms with Crippen LogP contribution in [0.1, 0.15) is 30.2 Å². The molecule has 0 saturated carbocycles. The van der Waals surface area contributed by atoms with Gasteiger partial charge in [-0.15, -0.1) is 11.3 Å². The van der Waals surface area contributed by atoms with Crippen LogP contribution in [0.25, 0.3) is 0 Å². The molecule has 0 aliphatic rings. The Morgan fingerprint density at radius 2 is 2.38 bits per heavy atom. The number of ether oxygens (including phenoxy) is 1. The largest absolute Gasteiger partial charge is 0.468 e. The summed E-state index contributed by atoms with van der Waals surface area (Å²) in [5, 5.41) is 4.16. The number of carbonyl (C=O) groups is 1. The Kier molecular flexibility index (Phi) is 5.42. The predicted octanol–water partition coefficient (Wildman–Crippen LogP) is 1.75. The van der Waals surface area contributed by atoms with Gasteiger partial charge in [0.05, 0.1) is 7.11 Å². The number of methoxy groups -OCH3 is 1. The monoisotopic (exact) mass is 242 g/mol. The summed E-state index contributed by atoms with van der Waals surface area (Å²) in [5.41, 5.74) is 0. The lowest BCUT2D eigenvalue weighted by Crippen LogP contribution is -2.36. The molecule has 0 fully saturated rings. The van der Waals surface area contributed by atoms with E-state index in [-0.39, 0.29) is 12.0 Å². The average Bonchev–Trinajstić information content (AvgIpc) is 2.77. The molecule has 0 aliphatic carbocycles. The predicted molar refractivity (Wildman–Crippen MR) is 64.4 cm³/mol. The van der Waals surface area contributed by atoms with Gasteiger partial charge in [-0.2, -0.15) is 0 Å². The van der Waals surface area contributed by atoms with Crippen LogP contribution in [0.2, 0.25) is 0 Å². The molecule has 0 bridgehead atoms. The highest BCUT2D eigenvalue weighted by Gasteiger charge is 2.16. The van der Waals surface area contributed by atoms with Gasteiger partial charge in [-0.1, -0.05) is 13.8 Å². The fourth-order valence-corrected chi connectivity index (χ4v) is 2.15. The van der Waals surface area contributed by atoms with Crippen molar-refractivity contribution in [2.75, 3.05) is 7.11 Å². The molecular formula is C11H18N2O2S. The third-order valence-corrected chi connectivity index (χ3v) is 3.49. The number of carbonyl (C=O) groups excluding carboxylic acids is 1. The van der Waals surface area contributed by atoms with Gasteiger partial charge in [0.25, 0.3) is 0 Å². The summed E-state index contributed by atoms with van der Waals surface area (Å²) in [6, 6.07) is -0.237. The number of rotatable bonds is 6. The maximum Gasteiger partial charge on any atom is 0.322 e. The number of nitrogens with one attached hydrogen (secondary N) is 1. The Morgan fingerprint density at radius 1 is 1.62 bits per heavy atom. The fraction of sp³-hybridized carbons (Fsp3) is 0.636. The van der Waals surface area contributed by atoms with Gasteiger partial charge in [-0.05, 0) is 12.8 Å². The van der Waals surface area contributed by atoms with Crippen molar-refractivity contribution in [3.63, 3.8) is 0 Å². The summed E-state index contributed by atoms with van der Waals surface area (Å²) in [4.78, 5) is 16.9. The lowest BCUT2D eigenvalue weighted by Gasteiger charge is -2.12. The molecule has 1 rings (SSSR count).